The first-order chi connectivity index (χ1) is 10.2. The molecule has 0 bridgehead atoms. The predicted octanol–water partition coefficient (Wildman–Crippen LogP) is 2.09. The van der Waals surface area contributed by atoms with Crippen molar-refractivity contribution in [2.24, 2.45) is 0 Å². The molecule has 5 nitrogen and oxygen atoms in total. The molecule has 1 N–H and O–H groups in total. The number of carbonyl (C=O) groups is 1. The summed E-state index contributed by atoms with van der Waals surface area (Å²) in [5.74, 6) is 1.20. The molecule has 5 heteroatoms. The maximum atomic E-state index is 12.3. The first-order valence-corrected chi connectivity index (χ1v) is 6.81. The van der Waals surface area contributed by atoms with Crippen molar-refractivity contribution in [3.63, 3.8) is 0 Å². The van der Waals surface area contributed by atoms with Crippen LogP contribution in [0, 0.1) is 6.92 Å². The Labute approximate surface area is 122 Å². The maximum absolute atomic E-state index is 12.3. The molecule has 1 aromatic carbocycles. The Balaban J connectivity index is 1.75. The summed E-state index contributed by atoms with van der Waals surface area (Å²) in [6.45, 7) is 3.41. The fourth-order valence-corrected chi connectivity index (χ4v) is 2.21. The van der Waals surface area contributed by atoms with E-state index in [0.717, 1.165) is 11.1 Å². The van der Waals surface area contributed by atoms with Crippen LogP contribution in [0.15, 0.2) is 36.7 Å². The van der Waals surface area contributed by atoms with Gasteiger partial charge in [-0.1, -0.05) is 0 Å². The van der Waals surface area contributed by atoms with E-state index in [-0.39, 0.29) is 5.91 Å². The van der Waals surface area contributed by atoms with Crippen molar-refractivity contribution < 1.29 is 14.3 Å². The molecule has 2 aromatic rings. The topological polar surface area (TPSA) is 60.5 Å². The van der Waals surface area contributed by atoms with Gasteiger partial charge >= 0.3 is 0 Å². The number of rotatable bonds is 3. The number of hydrogen-bond donors (Lipinski definition) is 1. The van der Waals surface area contributed by atoms with E-state index >= 15 is 0 Å². The Hall–Kier alpha value is -2.56. The molecule has 1 aliphatic heterocycles. The van der Waals surface area contributed by atoms with Gasteiger partial charge in [-0.25, -0.2) is 0 Å². The van der Waals surface area contributed by atoms with Gasteiger partial charge in [0, 0.05) is 24.5 Å². The number of carbonyl (C=O) groups excluding carboxylic acids is 1. The van der Waals surface area contributed by atoms with E-state index in [2.05, 4.69) is 10.3 Å². The smallest absolute Gasteiger partial charge is 0.251 e. The average Bonchev–Trinajstić information content (AvgIpc) is 2.53. The SMILES string of the molecule is Cc1cc2c(cc1C(=O)NCc1ccncc1)OCCO2. The van der Waals surface area contributed by atoms with Gasteiger partial charge in [0.15, 0.2) is 11.5 Å². The van der Waals surface area contributed by atoms with Gasteiger partial charge in [0.25, 0.3) is 5.91 Å². The van der Waals surface area contributed by atoms with Gasteiger partial charge < -0.3 is 14.8 Å². The van der Waals surface area contributed by atoms with Gasteiger partial charge in [-0.05, 0) is 42.3 Å². The summed E-state index contributed by atoms with van der Waals surface area (Å²) < 4.78 is 11.0. The number of nitrogens with one attached hydrogen (secondary N) is 1. The summed E-state index contributed by atoms with van der Waals surface area (Å²) in [6.07, 6.45) is 3.41. The minimum absolute atomic E-state index is 0.124. The third-order valence-corrected chi connectivity index (χ3v) is 3.34. The maximum Gasteiger partial charge on any atom is 0.251 e. The molecule has 1 amide bonds. The number of nitrogens with zero attached hydrogens (tertiary/aromatic N) is 1. The van der Waals surface area contributed by atoms with E-state index in [1.807, 2.05) is 25.1 Å². The van der Waals surface area contributed by atoms with Crippen molar-refractivity contribution in [1.29, 1.82) is 0 Å². The minimum atomic E-state index is -0.124. The van der Waals surface area contributed by atoms with Gasteiger partial charge in [0.1, 0.15) is 13.2 Å². The van der Waals surface area contributed by atoms with Crippen LogP contribution in [0.4, 0.5) is 0 Å². The number of ether oxygens (including phenoxy) is 2. The van der Waals surface area contributed by atoms with Crippen LogP contribution in [0.1, 0.15) is 21.5 Å². The van der Waals surface area contributed by atoms with Crippen LogP contribution in [0.25, 0.3) is 0 Å². The predicted molar refractivity (Wildman–Crippen MR) is 77.6 cm³/mol. The highest BCUT2D eigenvalue weighted by Crippen LogP contribution is 2.32. The molecule has 0 atom stereocenters. The number of fused-ring (bicyclic) bond motifs is 1. The Morgan fingerprint density at radius 3 is 2.57 bits per heavy atom. The van der Waals surface area contributed by atoms with Gasteiger partial charge in [0.05, 0.1) is 0 Å². The summed E-state index contributed by atoms with van der Waals surface area (Å²) >= 11 is 0. The second kappa shape index (κ2) is 5.83. The molecule has 108 valence electrons. The first kappa shape index (κ1) is 13.4. The Morgan fingerprint density at radius 1 is 1.19 bits per heavy atom. The van der Waals surface area contributed by atoms with Crippen molar-refractivity contribution in [2.75, 3.05) is 13.2 Å². The lowest BCUT2D eigenvalue weighted by Gasteiger charge is -2.20. The van der Waals surface area contributed by atoms with Crippen LogP contribution in [-0.4, -0.2) is 24.1 Å². The second-order valence-corrected chi connectivity index (χ2v) is 4.85. The first-order valence-electron chi connectivity index (χ1n) is 6.81. The quantitative estimate of drug-likeness (QED) is 0.937. The van der Waals surface area contributed by atoms with Gasteiger partial charge in [0.2, 0.25) is 0 Å². The standard InChI is InChI=1S/C16H16N2O3/c1-11-8-14-15(21-7-6-20-14)9-13(11)16(19)18-10-12-2-4-17-5-3-12/h2-5,8-9H,6-7,10H2,1H3,(H,18,19). The summed E-state index contributed by atoms with van der Waals surface area (Å²) in [4.78, 5) is 16.3. The van der Waals surface area contributed by atoms with E-state index in [1.54, 1.807) is 18.5 Å². The second-order valence-electron chi connectivity index (χ2n) is 4.85. The van der Waals surface area contributed by atoms with Crippen LogP contribution in [0.3, 0.4) is 0 Å². The van der Waals surface area contributed by atoms with Crippen molar-refractivity contribution >= 4 is 5.91 Å². The van der Waals surface area contributed by atoms with E-state index in [9.17, 15) is 4.79 Å². The van der Waals surface area contributed by atoms with Crippen molar-refractivity contribution in [1.82, 2.24) is 10.3 Å². The lowest BCUT2D eigenvalue weighted by atomic mass is 10.1. The highest BCUT2D eigenvalue weighted by atomic mass is 16.6. The molecular weight excluding hydrogens is 268 g/mol. The summed E-state index contributed by atoms with van der Waals surface area (Å²) in [5.41, 5.74) is 2.48. The Bertz CT molecular complexity index is 656. The van der Waals surface area contributed by atoms with Gasteiger partial charge in [-0.3, -0.25) is 9.78 Å². The number of hydrogen-bond acceptors (Lipinski definition) is 4. The molecule has 0 spiro atoms. The van der Waals surface area contributed by atoms with E-state index in [4.69, 9.17) is 9.47 Å². The molecule has 0 saturated heterocycles. The Kier molecular flexibility index (Phi) is 3.73. The highest BCUT2D eigenvalue weighted by Gasteiger charge is 2.17. The number of pyridine rings is 1. The van der Waals surface area contributed by atoms with Crippen molar-refractivity contribution in [2.45, 2.75) is 13.5 Å². The molecule has 2 heterocycles. The summed E-state index contributed by atoms with van der Waals surface area (Å²) in [6, 6.07) is 7.33. The molecule has 0 unspecified atom stereocenters. The third kappa shape index (κ3) is 2.97. The molecule has 3 rings (SSSR count). The van der Waals surface area contributed by atoms with Gasteiger partial charge in [-0.2, -0.15) is 0 Å². The van der Waals surface area contributed by atoms with E-state index in [0.29, 0.717) is 36.8 Å². The lowest BCUT2D eigenvalue weighted by Crippen LogP contribution is -2.24. The average molecular weight is 284 g/mol. The summed E-state index contributed by atoms with van der Waals surface area (Å²) in [7, 11) is 0. The molecule has 0 aliphatic carbocycles. The molecule has 0 saturated carbocycles. The minimum Gasteiger partial charge on any atom is -0.486 e. The monoisotopic (exact) mass is 284 g/mol. The highest BCUT2D eigenvalue weighted by molar-refractivity contribution is 5.96. The zero-order valence-electron chi connectivity index (χ0n) is 11.8. The summed E-state index contributed by atoms with van der Waals surface area (Å²) in [5, 5.41) is 2.90. The molecule has 0 fully saturated rings. The Morgan fingerprint density at radius 2 is 1.86 bits per heavy atom. The van der Waals surface area contributed by atoms with Crippen LogP contribution < -0.4 is 14.8 Å². The normalized spacial score (nSPS) is 12.8. The largest absolute Gasteiger partial charge is 0.486 e. The molecular formula is C16H16N2O3. The van der Waals surface area contributed by atoms with Crippen LogP contribution >= 0.6 is 0 Å². The zero-order valence-corrected chi connectivity index (χ0v) is 11.8. The molecule has 0 radical (unpaired) electrons. The molecule has 1 aromatic heterocycles. The fourth-order valence-electron chi connectivity index (χ4n) is 2.21. The fraction of sp³-hybridized carbons (Fsp3) is 0.250. The number of benzene rings is 1. The lowest BCUT2D eigenvalue weighted by molar-refractivity contribution is 0.0949. The van der Waals surface area contributed by atoms with Crippen LogP contribution in [0.5, 0.6) is 11.5 Å². The van der Waals surface area contributed by atoms with Crippen LogP contribution in [-0.2, 0) is 6.54 Å². The number of aromatic nitrogens is 1. The van der Waals surface area contributed by atoms with E-state index < -0.39 is 0 Å². The zero-order chi connectivity index (χ0) is 14.7. The third-order valence-electron chi connectivity index (χ3n) is 3.34. The van der Waals surface area contributed by atoms with Crippen LogP contribution in [0.2, 0.25) is 0 Å². The van der Waals surface area contributed by atoms with Gasteiger partial charge in [-0.15, -0.1) is 0 Å². The number of amides is 1. The van der Waals surface area contributed by atoms with Crippen molar-refractivity contribution in [3.05, 3.63) is 53.3 Å². The molecule has 1 aliphatic rings. The van der Waals surface area contributed by atoms with Crippen molar-refractivity contribution in [3.8, 4) is 11.5 Å². The van der Waals surface area contributed by atoms with E-state index in [1.165, 1.54) is 0 Å². The molecule has 21 heavy (non-hydrogen) atoms. The number of aryl methyl sites for hydroxylation is 1.